The second-order valence-electron chi connectivity index (χ2n) is 8.93. The largest absolute Gasteiger partial charge is 0.292 e. The molecule has 1 aliphatic rings. The Labute approximate surface area is 182 Å². The molecule has 0 unspecified atom stereocenters. The van der Waals surface area contributed by atoms with E-state index in [1.165, 1.54) is 33.6 Å². The SMILES string of the molecule is Cc1ccc(-c2csc(N/N=C3/C(=O)C(C)(C)Cc4cc(C)cc(C)c43)n2)c(C)c1. The zero-order valence-electron chi connectivity index (χ0n) is 18.4. The minimum atomic E-state index is -0.471. The van der Waals surface area contributed by atoms with Crippen LogP contribution < -0.4 is 5.43 Å². The van der Waals surface area contributed by atoms with E-state index in [-0.39, 0.29) is 5.78 Å². The summed E-state index contributed by atoms with van der Waals surface area (Å²) < 4.78 is 0. The van der Waals surface area contributed by atoms with E-state index in [1.54, 1.807) is 0 Å². The van der Waals surface area contributed by atoms with Crippen LogP contribution in [-0.2, 0) is 11.2 Å². The minimum Gasteiger partial charge on any atom is -0.292 e. The highest BCUT2D eigenvalue weighted by molar-refractivity contribution is 7.14. The number of carbonyl (C=O) groups excluding carboxylic acids is 1. The van der Waals surface area contributed by atoms with E-state index >= 15 is 0 Å². The van der Waals surface area contributed by atoms with E-state index in [4.69, 9.17) is 4.98 Å². The van der Waals surface area contributed by atoms with Gasteiger partial charge < -0.3 is 0 Å². The number of fused-ring (bicyclic) bond motifs is 1. The van der Waals surface area contributed by atoms with Crippen molar-refractivity contribution in [2.45, 2.75) is 48.0 Å². The molecule has 30 heavy (non-hydrogen) atoms. The molecular formula is C25H27N3OS. The number of hydrazone groups is 1. The van der Waals surface area contributed by atoms with Gasteiger partial charge >= 0.3 is 0 Å². The van der Waals surface area contributed by atoms with E-state index in [0.29, 0.717) is 10.8 Å². The first-order valence-electron chi connectivity index (χ1n) is 10.2. The predicted molar refractivity (Wildman–Crippen MR) is 126 cm³/mol. The number of anilines is 1. The molecule has 0 saturated carbocycles. The Kier molecular flexibility index (Phi) is 5.10. The molecule has 0 amide bonds. The smallest absolute Gasteiger partial charge is 0.203 e. The van der Waals surface area contributed by atoms with Gasteiger partial charge in [0.15, 0.2) is 5.78 Å². The first-order chi connectivity index (χ1) is 14.2. The lowest BCUT2D eigenvalue weighted by atomic mass is 9.71. The van der Waals surface area contributed by atoms with Crippen LogP contribution in [0.3, 0.4) is 0 Å². The molecule has 0 bridgehead atoms. The zero-order chi connectivity index (χ0) is 21.6. The van der Waals surface area contributed by atoms with Crippen molar-refractivity contribution in [1.82, 2.24) is 4.98 Å². The Hall–Kier alpha value is -2.79. The molecule has 154 valence electrons. The fraction of sp³-hybridized carbons (Fsp3) is 0.320. The van der Waals surface area contributed by atoms with Crippen molar-refractivity contribution in [3.63, 3.8) is 0 Å². The van der Waals surface area contributed by atoms with Gasteiger partial charge in [-0.1, -0.05) is 55.3 Å². The number of nitrogens with zero attached hydrogens (tertiary/aromatic N) is 2. The molecule has 0 saturated heterocycles. The number of rotatable bonds is 3. The molecule has 1 N–H and O–H groups in total. The molecule has 3 aromatic rings. The molecular weight excluding hydrogens is 390 g/mol. The van der Waals surface area contributed by atoms with E-state index in [2.05, 4.69) is 68.6 Å². The van der Waals surface area contributed by atoms with Gasteiger partial charge in [-0.2, -0.15) is 5.10 Å². The number of carbonyl (C=O) groups is 1. The topological polar surface area (TPSA) is 54.4 Å². The number of ketones is 1. The second kappa shape index (κ2) is 7.47. The van der Waals surface area contributed by atoms with Crippen LogP contribution >= 0.6 is 11.3 Å². The van der Waals surface area contributed by atoms with E-state index in [1.807, 2.05) is 19.2 Å². The molecule has 0 aliphatic heterocycles. The molecule has 4 rings (SSSR count). The third-order valence-corrected chi connectivity index (χ3v) is 6.43. The summed E-state index contributed by atoms with van der Waals surface area (Å²) in [6, 6.07) is 10.6. The molecule has 4 nitrogen and oxygen atoms in total. The number of aryl methyl sites for hydroxylation is 4. The lowest BCUT2D eigenvalue weighted by Crippen LogP contribution is -2.40. The summed E-state index contributed by atoms with van der Waals surface area (Å²) in [5.74, 6) is 0.0700. The van der Waals surface area contributed by atoms with Gasteiger partial charge in [-0.3, -0.25) is 10.2 Å². The quantitative estimate of drug-likeness (QED) is 0.531. The summed E-state index contributed by atoms with van der Waals surface area (Å²) in [6.07, 6.45) is 0.733. The molecule has 0 radical (unpaired) electrons. The van der Waals surface area contributed by atoms with Crippen LogP contribution in [0.5, 0.6) is 0 Å². The Morgan fingerprint density at radius 2 is 1.77 bits per heavy atom. The van der Waals surface area contributed by atoms with Crippen molar-refractivity contribution in [1.29, 1.82) is 0 Å². The van der Waals surface area contributed by atoms with Gasteiger partial charge in [-0.25, -0.2) is 4.98 Å². The Morgan fingerprint density at radius 3 is 2.50 bits per heavy atom. The lowest BCUT2D eigenvalue weighted by molar-refractivity contribution is -0.120. The van der Waals surface area contributed by atoms with Crippen LogP contribution in [0.4, 0.5) is 5.13 Å². The normalized spacial score (nSPS) is 16.6. The van der Waals surface area contributed by atoms with Gasteiger partial charge in [-0.15, -0.1) is 11.3 Å². The summed E-state index contributed by atoms with van der Waals surface area (Å²) >= 11 is 1.49. The number of hydrogen-bond acceptors (Lipinski definition) is 5. The van der Waals surface area contributed by atoms with Gasteiger partial charge in [0.25, 0.3) is 0 Å². The van der Waals surface area contributed by atoms with Crippen molar-refractivity contribution >= 4 is 28.0 Å². The summed E-state index contributed by atoms with van der Waals surface area (Å²) in [4.78, 5) is 17.9. The van der Waals surface area contributed by atoms with Gasteiger partial charge in [0.1, 0.15) is 5.71 Å². The molecule has 1 aromatic heterocycles. The van der Waals surface area contributed by atoms with Crippen LogP contribution in [0.15, 0.2) is 40.8 Å². The number of aromatic nitrogens is 1. The van der Waals surface area contributed by atoms with E-state index < -0.39 is 5.41 Å². The minimum absolute atomic E-state index is 0.0700. The highest BCUT2D eigenvalue weighted by atomic mass is 32.1. The van der Waals surface area contributed by atoms with Crippen LogP contribution in [0, 0.1) is 33.1 Å². The van der Waals surface area contributed by atoms with Crippen LogP contribution in [0.25, 0.3) is 11.3 Å². The average Bonchev–Trinajstić information content (AvgIpc) is 3.10. The zero-order valence-corrected chi connectivity index (χ0v) is 19.2. The molecule has 1 heterocycles. The summed E-state index contributed by atoms with van der Waals surface area (Å²) in [7, 11) is 0. The third kappa shape index (κ3) is 3.70. The molecule has 0 fully saturated rings. The third-order valence-electron chi connectivity index (χ3n) is 5.69. The Morgan fingerprint density at radius 1 is 1.03 bits per heavy atom. The highest BCUT2D eigenvalue weighted by Gasteiger charge is 2.39. The standard InChI is InChI=1S/C25H27N3OS/c1-14-7-8-19(16(3)9-14)20-13-30-24(26-20)28-27-22-21-17(4)10-15(2)11-18(21)12-25(5,6)23(22)29/h7-11,13H,12H2,1-6H3,(H,26,28)/b27-22+. The van der Waals surface area contributed by atoms with Crippen molar-refractivity contribution in [3.8, 4) is 11.3 Å². The Bertz CT molecular complexity index is 1190. The molecule has 0 spiro atoms. The number of hydrogen-bond donors (Lipinski definition) is 1. The van der Waals surface area contributed by atoms with Crippen molar-refractivity contribution in [3.05, 3.63) is 69.1 Å². The van der Waals surface area contributed by atoms with Gasteiger partial charge in [-0.05, 0) is 50.8 Å². The van der Waals surface area contributed by atoms with Gasteiger partial charge in [0.05, 0.1) is 5.69 Å². The van der Waals surface area contributed by atoms with Gasteiger partial charge in [0.2, 0.25) is 5.13 Å². The fourth-order valence-corrected chi connectivity index (χ4v) is 4.94. The number of thiazole rings is 1. The first-order valence-corrected chi connectivity index (χ1v) is 11.1. The summed E-state index contributed by atoms with van der Waals surface area (Å²) in [5, 5.41) is 7.27. The van der Waals surface area contributed by atoms with Gasteiger partial charge in [0, 0.05) is 21.9 Å². The molecule has 2 aromatic carbocycles. The predicted octanol–water partition coefficient (Wildman–Crippen LogP) is 6.01. The monoisotopic (exact) mass is 417 g/mol. The van der Waals surface area contributed by atoms with Crippen molar-refractivity contribution in [2.24, 2.45) is 10.5 Å². The summed E-state index contributed by atoms with van der Waals surface area (Å²) in [6.45, 7) is 12.3. The maximum atomic E-state index is 13.2. The van der Waals surface area contributed by atoms with E-state index in [9.17, 15) is 4.79 Å². The Balaban J connectivity index is 1.69. The van der Waals surface area contributed by atoms with Crippen LogP contribution in [0.2, 0.25) is 0 Å². The van der Waals surface area contributed by atoms with E-state index in [0.717, 1.165) is 28.8 Å². The number of benzene rings is 2. The second-order valence-corrected chi connectivity index (χ2v) is 9.79. The molecule has 0 atom stereocenters. The maximum Gasteiger partial charge on any atom is 0.203 e. The first kappa shape index (κ1) is 20.5. The van der Waals surface area contributed by atoms with Crippen LogP contribution in [-0.4, -0.2) is 16.5 Å². The lowest BCUT2D eigenvalue weighted by Gasteiger charge is -2.31. The van der Waals surface area contributed by atoms with Crippen molar-refractivity contribution in [2.75, 3.05) is 5.43 Å². The highest BCUT2D eigenvalue weighted by Crippen LogP contribution is 2.35. The number of Topliss-reactive ketones (excluding diaryl/α,β-unsaturated/α-hetero) is 1. The molecule has 1 aliphatic carbocycles. The summed E-state index contributed by atoms with van der Waals surface area (Å²) in [5.41, 5.74) is 12.0. The number of nitrogens with one attached hydrogen (secondary N) is 1. The maximum absolute atomic E-state index is 13.2. The fourth-order valence-electron chi connectivity index (χ4n) is 4.28. The van der Waals surface area contributed by atoms with Crippen LogP contribution in [0.1, 0.15) is 47.2 Å². The average molecular weight is 418 g/mol. The molecule has 5 heteroatoms. The van der Waals surface area contributed by atoms with Crippen molar-refractivity contribution < 1.29 is 4.79 Å².